The molecule has 0 aromatic heterocycles. The lowest BCUT2D eigenvalue weighted by molar-refractivity contribution is -0.137. The summed E-state index contributed by atoms with van der Waals surface area (Å²) in [5.41, 5.74) is 2.41. The molecule has 1 aliphatic rings. The maximum atomic E-state index is 10.6. The number of nitrogens with one attached hydrogen (secondary N) is 1. The molecule has 0 spiro atoms. The molecule has 3 heteroatoms. The van der Waals surface area contributed by atoms with Crippen LogP contribution < -0.4 is 5.32 Å². The third kappa shape index (κ3) is 1.96. The first-order valence-corrected chi connectivity index (χ1v) is 5.25. The van der Waals surface area contributed by atoms with Gasteiger partial charge in [0.2, 0.25) is 0 Å². The third-order valence-corrected chi connectivity index (χ3v) is 3.02. The van der Waals surface area contributed by atoms with Crippen molar-refractivity contribution >= 4 is 11.7 Å². The molecule has 1 aromatic carbocycles. The van der Waals surface area contributed by atoms with Gasteiger partial charge in [-0.25, -0.2) is 0 Å². The van der Waals surface area contributed by atoms with E-state index in [-0.39, 0.29) is 6.42 Å². The second-order valence-corrected chi connectivity index (χ2v) is 4.06. The summed E-state index contributed by atoms with van der Waals surface area (Å²) >= 11 is 0. The van der Waals surface area contributed by atoms with Crippen LogP contribution in [-0.4, -0.2) is 17.1 Å². The Morgan fingerprint density at radius 3 is 2.93 bits per heavy atom. The molecular weight excluding hydrogens is 190 g/mol. The van der Waals surface area contributed by atoms with E-state index in [1.807, 2.05) is 18.2 Å². The Bertz CT molecular complexity index is 376. The second-order valence-electron chi connectivity index (χ2n) is 4.06. The summed E-state index contributed by atoms with van der Waals surface area (Å²) in [6.45, 7) is 2.10. The third-order valence-electron chi connectivity index (χ3n) is 3.02. The predicted molar refractivity (Wildman–Crippen MR) is 59.1 cm³/mol. The zero-order chi connectivity index (χ0) is 10.8. The van der Waals surface area contributed by atoms with Gasteiger partial charge in [0.05, 0.1) is 0 Å². The number of hydrogen-bond acceptors (Lipinski definition) is 2. The van der Waals surface area contributed by atoms with Crippen molar-refractivity contribution in [1.82, 2.24) is 0 Å². The number of anilines is 1. The van der Waals surface area contributed by atoms with Crippen molar-refractivity contribution in [2.75, 3.05) is 5.32 Å². The lowest BCUT2D eigenvalue weighted by atomic mass is 9.91. The molecule has 2 N–H and O–H groups in total. The summed E-state index contributed by atoms with van der Waals surface area (Å²) < 4.78 is 0. The molecule has 0 amide bonds. The van der Waals surface area contributed by atoms with E-state index >= 15 is 0 Å². The highest BCUT2D eigenvalue weighted by Gasteiger charge is 2.28. The van der Waals surface area contributed by atoms with Crippen molar-refractivity contribution in [2.24, 2.45) is 0 Å². The van der Waals surface area contributed by atoms with Crippen LogP contribution in [0.15, 0.2) is 24.3 Å². The molecule has 15 heavy (non-hydrogen) atoms. The molecule has 2 unspecified atom stereocenters. The van der Waals surface area contributed by atoms with Crippen LogP contribution >= 0.6 is 0 Å². The summed E-state index contributed by atoms with van der Waals surface area (Å²) in [5, 5.41) is 12.1. The Kier molecular flexibility index (Phi) is 2.62. The first-order chi connectivity index (χ1) is 7.18. The molecule has 0 bridgehead atoms. The van der Waals surface area contributed by atoms with Crippen molar-refractivity contribution < 1.29 is 9.90 Å². The van der Waals surface area contributed by atoms with E-state index in [0.717, 1.165) is 5.69 Å². The predicted octanol–water partition coefficient (Wildman–Crippen LogP) is 2.45. The van der Waals surface area contributed by atoms with Crippen molar-refractivity contribution in [3.63, 3.8) is 0 Å². The first kappa shape index (κ1) is 10.0. The topological polar surface area (TPSA) is 49.3 Å². The Morgan fingerprint density at radius 1 is 1.47 bits per heavy atom. The largest absolute Gasteiger partial charge is 0.481 e. The van der Waals surface area contributed by atoms with Crippen LogP contribution in [0, 0.1) is 0 Å². The molecule has 3 nitrogen and oxygen atoms in total. The lowest BCUT2D eigenvalue weighted by Crippen LogP contribution is -2.16. The van der Waals surface area contributed by atoms with E-state index in [4.69, 9.17) is 5.11 Å². The number of benzene rings is 1. The van der Waals surface area contributed by atoms with Crippen molar-refractivity contribution in [3.8, 4) is 0 Å². The molecule has 1 heterocycles. The van der Waals surface area contributed by atoms with Crippen LogP contribution in [0.5, 0.6) is 0 Å². The van der Waals surface area contributed by atoms with Crippen LogP contribution in [0.3, 0.4) is 0 Å². The fourth-order valence-electron chi connectivity index (χ4n) is 2.25. The van der Waals surface area contributed by atoms with E-state index < -0.39 is 5.97 Å². The molecule has 1 aliphatic heterocycles. The molecule has 0 saturated carbocycles. The standard InChI is InChI=1S/C12H15NO2/c1-8-9(6-7-12(14)15)10-4-2-3-5-11(10)13-8/h2-5,8-9,13H,6-7H2,1H3,(H,14,15). The molecule has 0 fully saturated rings. The van der Waals surface area contributed by atoms with E-state index in [9.17, 15) is 4.79 Å². The zero-order valence-electron chi connectivity index (χ0n) is 8.73. The molecule has 0 radical (unpaired) electrons. The summed E-state index contributed by atoms with van der Waals surface area (Å²) in [4.78, 5) is 10.6. The van der Waals surface area contributed by atoms with Crippen LogP contribution in [-0.2, 0) is 4.79 Å². The number of fused-ring (bicyclic) bond motifs is 1. The van der Waals surface area contributed by atoms with Crippen molar-refractivity contribution in [2.45, 2.75) is 31.7 Å². The van der Waals surface area contributed by atoms with E-state index in [0.29, 0.717) is 18.4 Å². The SMILES string of the molecule is CC1Nc2ccccc2C1CCC(=O)O. The molecule has 0 saturated heterocycles. The Balaban J connectivity index is 2.15. The monoisotopic (exact) mass is 205 g/mol. The Hall–Kier alpha value is -1.51. The van der Waals surface area contributed by atoms with Crippen LogP contribution in [0.1, 0.15) is 31.2 Å². The molecule has 0 aliphatic carbocycles. The number of carbonyl (C=O) groups is 1. The highest BCUT2D eigenvalue weighted by Crippen LogP contribution is 2.38. The van der Waals surface area contributed by atoms with E-state index in [1.165, 1.54) is 5.56 Å². The van der Waals surface area contributed by atoms with Gasteiger partial charge < -0.3 is 10.4 Å². The highest BCUT2D eigenvalue weighted by atomic mass is 16.4. The van der Waals surface area contributed by atoms with Crippen LogP contribution in [0.25, 0.3) is 0 Å². The minimum atomic E-state index is -0.716. The van der Waals surface area contributed by atoms with Gasteiger partial charge in [0.15, 0.2) is 0 Å². The molecule has 2 atom stereocenters. The fraction of sp³-hybridized carbons (Fsp3) is 0.417. The van der Waals surface area contributed by atoms with E-state index in [1.54, 1.807) is 0 Å². The van der Waals surface area contributed by atoms with Gasteiger partial charge >= 0.3 is 5.97 Å². The van der Waals surface area contributed by atoms with Gasteiger partial charge in [-0.15, -0.1) is 0 Å². The number of hydrogen-bond donors (Lipinski definition) is 2. The maximum Gasteiger partial charge on any atom is 0.303 e. The summed E-state index contributed by atoms with van der Waals surface area (Å²) in [7, 11) is 0. The number of rotatable bonds is 3. The average Bonchev–Trinajstić information content (AvgIpc) is 2.50. The average molecular weight is 205 g/mol. The van der Waals surface area contributed by atoms with Crippen molar-refractivity contribution in [1.29, 1.82) is 0 Å². The normalized spacial score (nSPS) is 23.3. The number of para-hydroxylation sites is 1. The molecule has 80 valence electrons. The summed E-state index contributed by atoms with van der Waals surface area (Å²) in [5.74, 6) is -0.385. The zero-order valence-corrected chi connectivity index (χ0v) is 8.73. The highest BCUT2D eigenvalue weighted by molar-refractivity contribution is 5.67. The van der Waals surface area contributed by atoms with Crippen molar-refractivity contribution in [3.05, 3.63) is 29.8 Å². The Morgan fingerprint density at radius 2 is 2.20 bits per heavy atom. The molecular formula is C12H15NO2. The van der Waals surface area contributed by atoms with Gasteiger partial charge in [-0.3, -0.25) is 4.79 Å². The van der Waals surface area contributed by atoms with Gasteiger partial charge in [0, 0.05) is 24.1 Å². The summed E-state index contributed by atoms with van der Waals surface area (Å²) in [6, 6.07) is 8.47. The number of aliphatic carboxylic acids is 1. The van der Waals surface area contributed by atoms with Gasteiger partial charge in [-0.2, -0.15) is 0 Å². The number of carboxylic acids is 1. The van der Waals surface area contributed by atoms with Gasteiger partial charge in [0.1, 0.15) is 0 Å². The van der Waals surface area contributed by atoms with E-state index in [2.05, 4.69) is 18.3 Å². The second kappa shape index (κ2) is 3.93. The minimum Gasteiger partial charge on any atom is -0.481 e. The van der Waals surface area contributed by atoms with Crippen LogP contribution in [0.2, 0.25) is 0 Å². The van der Waals surface area contributed by atoms with Gasteiger partial charge in [0.25, 0.3) is 0 Å². The Labute approximate surface area is 89.1 Å². The number of carboxylic acid groups (broad SMARTS) is 1. The van der Waals surface area contributed by atoms with Gasteiger partial charge in [-0.1, -0.05) is 18.2 Å². The maximum absolute atomic E-state index is 10.6. The first-order valence-electron chi connectivity index (χ1n) is 5.25. The van der Waals surface area contributed by atoms with Gasteiger partial charge in [-0.05, 0) is 25.0 Å². The lowest BCUT2D eigenvalue weighted by Gasteiger charge is -2.14. The fourth-order valence-corrected chi connectivity index (χ4v) is 2.25. The minimum absolute atomic E-state index is 0.241. The smallest absolute Gasteiger partial charge is 0.303 e. The molecule has 1 aromatic rings. The molecule has 2 rings (SSSR count). The summed E-state index contributed by atoms with van der Waals surface area (Å²) in [6.07, 6.45) is 0.950. The quantitative estimate of drug-likeness (QED) is 0.796. The van der Waals surface area contributed by atoms with Crippen LogP contribution in [0.4, 0.5) is 5.69 Å².